The van der Waals surface area contributed by atoms with Gasteiger partial charge in [-0.3, -0.25) is 18.8 Å². The number of nitrogens with zero attached hydrogens (tertiary/aromatic N) is 3. The second kappa shape index (κ2) is 6.03. The zero-order valence-corrected chi connectivity index (χ0v) is 11.2. The number of nitrogen functional groups attached to an aromatic ring is 1. The quantitative estimate of drug-likeness (QED) is 0.753. The van der Waals surface area contributed by atoms with Gasteiger partial charge in [0.2, 0.25) is 0 Å². The highest BCUT2D eigenvalue weighted by Crippen LogP contribution is 1.97. The first-order chi connectivity index (χ1) is 9.13. The van der Waals surface area contributed by atoms with Gasteiger partial charge >= 0.3 is 5.69 Å². The zero-order valence-electron chi connectivity index (χ0n) is 11.2. The molecule has 0 bridgehead atoms. The van der Waals surface area contributed by atoms with Gasteiger partial charge < -0.3 is 10.5 Å². The maximum atomic E-state index is 12.1. The standard InChI is InChI=1S/C12H20N4O3/c1-2-15-9-10(13)11(17)16(12(15)18)4-3-14-5-7-19-8-6-14/h9H,2-8,13H2,1H3. The number of aryl methyl sites for hydroxylation is 1. The molecule has 1 fully saturated rings. The Morgan fingerprint density at radius 2 is 1.95 bits per heavy atom. The molecule has 2 heterocycles. The van der Waals surface area contributed by atoms with Gasteiger partial charge in [0.15, 0.2) is 0 Å². The molecule has 0 saturated carbocycles. The van der Waals surface area contributed by atoms with Crippen molar-refractivity contribution in [1.82, 2.24) is 14.0 Å². The summed E-state index contributed by atoms with van der Waals surface area (Å²) in [6.45, 7) is 6.43. The monoisotopic (exact) mass is 268 g/mol. The first kappa shape index (κ1) is 13.8. The Morgan fingerprint density at radius 3 is 2.58 bits per heavy atom. The van der Waals surface area contributed by atoms with E-state index in [1.165, 1.54) is 15.3 Å². The second-order valence-corrected chi connectivity index (χ2v) is 4.56. The minimum Gasteiger partial charge on any atom is -0.393 e. The molecule has 1 aromatic rings. The summed E-state index contributed by atoms with van der Waals surface area (Å²) in [6, 6.07) is 0. The third-order valence-electron chi connectivity index (χ3n) is 3.35. The summed E-state index contributed by atoms with van der Waals surface area (Å²) >= 11 is 0. The molecule has 0 aromatic carbocycles. The number of hydrogen-bond acceptors (Lipinski definition) is 5. The van der Waals surface area contributed by atoms with E-state index in [4.69, 9.17) is 10.5 Å². The number of rotatable bonds is 4. The van der Waals surface area contributed by atoms with Crippen molar-refractivity contribution in [2.45, 2.75) is 20.0 Å². The van der Waals surface area contributed by atoms with Gasteiger partial charge in [0.05, 0.1) is 13.2 Å². The molecule has 0 spiro atoms. The number of morpholine rings is 1. The van der Waals surface area contributed by atoms with Gasteiger partial charge in [-0.05, 0) is 6.92 Å². The van der Waals surface area contributed by atoms with Gasteiger partial charge in [0.1, 0.15) is 5.69 Å². The Bertz CT molecular complexity index is 543. The predicted octanol–water partition coefficient (Wildman–Crippen LogP) is -1.06. The van der Waals surface area contributed by atoms with Crippen LogP contribution in [0.1, 0.15) is 6.92 Å². The summed E-state index contributed by atoms with van der Waals surface area (Å²) in [4.78, 5) is 26.2. The minimum atomic E-state index is -0.400. The van der Waals surface area contributed by atoms with E-state index < -0.39 is 5.56 Å². The third kappa shape index (κ3) is 3.05. The van der Waals surface area contributed by atoms with Gasteiger partial charge in [-0.15, -0.1) is 0 Å². The molecular weight excluding hydrogens is 248 g/mol. The highest BCUT2D eigenvalue weighted by atomic mass is 16.5. The molecule has 0 aliphatic carbocycles. The summed E-state index contributed by atoms with van der Waals surface area (Å²) in [7, 11) is 0. The number of nitrogens with two attached hydrogens (primary N) is 1. The van der Waals surface area contributed by atoms with Crippen LogP contribution in [0.25, 0.3) is 0 Å². The van der Waals surface area contributed by atoms with Crippen molar-refractivity contribution in [2.24, 2.45) is 0 Å². The average molecular weight is 268 g/mol. The molecule has 0 amide bonds. The molecule has 2 rings (SSSR count). The molecule has 7 nitrogen and oxygen atoms in total. The number of ether oxygens (including phenoxy) is 1. The molecular formula is C12H20N4O3. The van der Waals surface area contributed by atoms with E-state index >= 15 is 0 Å². The molecule has 19 heavy (non-hydrogen) atoms. The Kier molecular flexibility index (Phi) is 4.39. The van der Waals surface area contributed by atoms with Crippen LogP contribution in [-0.2, 0) is 17.8 Å². The maximum absolute atomic E-state index is 12.1. The smallest absolute Gasteiger partial charge is 0.331 e. The van der Waals surface area contributed by atoms with Gasteiger partial charge in [-0.2, -0.15) is 0 Å². The fourth-order valence-electron chi connectivity index (χ4n) is 2.17. The van der Waals surface area contributed by atoms with Crippen molar-refractivity contribution >= 4 is 5.69 Å². The highest BCUT2D eigenvalue weighted by molar-refractivity contribution is 5.30. The Labute approximate surface area is 111 Å². The summed E-state index contributed by atoms with van der Waals surface area (Å²) in [5.41, 5.74) is 5.07. The number of anilines is 1. The Morgan fingerprint density at radius 1 is 1.26 bits per heavy atom. The van der Waals surface area contributed by atoms with E-state index in [1.54, 1.807) is 0 Å². The normalized spacial score (nSPS) is 16.7. The average Bonchev–Trinajstić information content (AvgIpc) is 2.44. The van der Waals surface area contributed by atoms with Crippen LogP contribution in [0.15, 0.2) is 15.8 Å². The SMILES string of the molecule is CCn1cc(N)c(=O)n(CCN2CCOCC2)c1=O. The van der Waals surface area contributed by atoms with Crippen molar-refractivity contribution < 1.29 is 4.74 Å². The minimum absolute atomic E-state index is 0.114. The van der Waals surface area contributed by atoms with E-state index in [0.29, 0.717) is 32.8 Å². The van der Waals surface area contributed by atoms with Crippen molar-refractivity contribution in [3.05, 3.63) is 27.0 Å². The van der Waals surface area contributed by atoms with Crippen LogP contribution in [0.4, 0.5) is 5.69 Å². The fraction of sp³-hybridized carbons (Fsp3) is 0.667. The first-order valence-corrected chi connectivity index (χ1v) is 6.53. The van der Waals surface area contributed by atoms with E-state index in [1.807, 2.05) is 6.92 Å². The van der Waals surface area contributed by atoms with Crippen LogP contribution >= 0.6 is 0 Å². The molecule has 2 N–H and O–H groups in total. The summed E-state index contributed by atoms with van der Waals surface area (Å²) in [5.74, 6) is 0. The zero-order chi connectivity index (χ0) is 13.8. The maximum Gasteiger partial charge on any atom is 0.331 e. The van der Waals surface area contributed by atoms with E-state index in [2.05, 4.69) is 4.90 Å². The predicted molar refractivity (Wildman–Crippen MR) is 72.3 cm³/mol. The molecule has 0 atom stereocenters. The van der Waals surface area contributed by atoms with E-state index in [9.17, 15) is 9.59 Å². The lowest BCUT2D eigenvalue weighted by Gasteiger charge is -2.26. The van der Waals surface area contributed by atoms with Gasteiger partial charge in [-0.1, -0.05) is 0 Å². The molecule has 1 aliphatic heterocycles. The lowest BCUT2D eigenvalue weighted by Crippen LogP contribution is -2.44. The number of hydrogen-bond donors (Lipinski definition) is 1. The molecule has 0 radical (unpaired) electrons. The van der Waals surface area contributed by atoms with Crippen LogP contribution in [0.5, 0.6) is 0 Å². The molecule has 1 aliphatic rings. The van der Waals surface area contributed by atoms with Crippen LogP contribution in [0, 0.1) is 0 Å². The fourth-order valence-corrected chi connectivity index (χ4v) is 2.17. The Balaban J connectivity index is 2.17. The molecule has 106 valence electrons. The second-order valence-electron chi connectivity index (χ2n) is 4.56. The van der Waals surface area contributed by atoms with Crippen LogP contribution in [0.3, 0.4) is 0 Å². The summed E-state index contributed by atoms with van der Waals surface area (Å²) < 4.78 is 7.93. The van der Waals surface area contributed by atoms with E-state index in [0.717, 1.165) is 13.1 Å². The largest absolute Gasteiger partial charge is 0.393 e. The Hall–Kier alpha value is -1.60. The molecule has 7 heteroatoms. The third-order valence-corrected chi connectivity index (χ3v) is 3.35. The lowest BCUT2D eigenvalue weighted by atomic mass is 10.4. The highest BCUT2D eigenvalue weighted by Gasteiger charge is 2.13. The van der Waals surface area contributed by atoms with Gasteiger partial charge in [0.25, 0.3) is 5.56 Å². The van der Waals surface area contributed by atoms with Gasteiger partial charge in [-0.25, -0.2) is 4.79 Å². The van der Waals surface area contributed by atoms with Gasteiger partial charge in [0, 0.05) is 38.9 Å². The van der Waals surface area contributed by atoms with Crippen molar-refractivity contribution in [3.8, 4) is 0 Å². The summed E-state index contributed by atoms with van der Waals surface area (Å²) in [5, 5.41) is 0. The van der Waals surface area contributed by atoms with Crippen LogP contribution in [-0.4, -0.2) is 46.9 Å². The molecule has 0 unspecified atom stereocenters. The topological polar surface area (TPSA) is 82.5 Å². The summed E-state index contributed by atoms with van der Waals surface area (Å²) in [6.07, 6.45) is 1.41. The molecule has 1 saturated heterocycles. The number of aromatic nitrogens is 2. The van der Waals surface area contributed by atoms with Crippen LogP contribution in [0.2, 0.25) is 0 Å². The van der Waals surface area contributed by atoms with Crippen LogP contribution < -0.4 is 17.0 Å². The first-order valence-electron chi connectivity index (χ1n) is 6.53. The van der Waals surface area contributed by atoms with E-state index in [-0.39, 0.29) is 11.4 Å². The van der Waals surface area contributed by atoms with Crippen molar-refractivity contribution in [1.29, 1.82) is 0 Å². The van der Waals surface area contributed by atoms with Crippen molar-refractivity contribution in [3.63, 3.8) is 0 Å². The van der Waals surface area contributed by atoms with Crippen molar-refractivity contribution in [2.75, 3.05) is 38.6 Å². The lowest BCUT2D eigenvalue weighted by molar-refractivity contribution is 0.0361. The molecule has 1 aromatic heterocycles.